The number of anilines is 3. The Hall–Kier alpha value is -2.99. The molecule has 0 saturated carbocycles. The van der Waals surface area contributed by atoms with Crippen LogP contribution in [-0.4, -0.2) is 34.6 Å². The predicted octanol–water partition coefficient (Wildman–Crippen LogP) is 3.81. The van der Waals surface area contributed by atoms with Gasteiger partial charge in [0.1, 0.15) is 0 Å². The zero-order valence-electron chi connectivity index (χ0n) is 15.5. The van der Waals surface area contributed by atoms with Crippen molar-refractivity contribution in [2.45, 2.75) is 4.90 Å². The summed E-state index contributed by atoms with van der Waals surface area (Å²) in [5.41, 5.74) is 2.85. The van der Waals surface area contributed by atoms with Gasteiger partial charge >= 0.3 is 0 Å². The minimum Gasteiger partial charge on any atom is -0.368 e. The van der Waals surface area contributed by atoms with Crippen molar-refractivity contribution in [1.82, 2.24) is 0 Å². The molecule has 1 saturated heterocycles. The first-order valence-corrected chi connectivity index (χ1v) is 10.8. The van der Waals surface area contributed by atoms with Crippen molar-refractivity contribution in [3.05, 3.63) is 84.9 Å². The SMILES string of the molecule is O=S(=O)(Nc1ccccc1)c1ccc(N2CCN(c3ccccc3)CC2)cc1. The Balaban J connectivity index is 1.41. The molecule has 1 N–H and O–H groups in total. The summed E-state index contributed by atoms with van der Waals surface area (Å²) in [5, 5.41) is 0. The molecule has 3 aromatic carbocycles. The summed E-state index contributed by atoms with van der Waals surface area (Å²) in [6, 6.07) is 26.5. The number of nitrogens with zero attached hydrogens (tertiary/aromatic N) is 2. The van der Waals surface area contributed by atoms with E-state index in [4.69, 9.17) is 0 Å². The Labute approximate surface area is 166 Å². The number of piperazine rings is 1. The minimum atomic E-state index is -3.58. The standard InChI is InChI=1S/C22H23N3O2S/c26-28(27,23-19-7-3-1-4-8-19)22-13-11-21(12-14-22)25-17-15-24(16-18-25)20-9-5-2-6-10-20/h1-14,23H,15-18H2. The fourth-order valence-corrected chi connectivity index (χ4v) is 4.48. The molecule has 0 aliphatic carbocycles. The number of hydrogen-bond donors (Lipinski definition) is 1. The lowest BCUT2D eigenvalue weighted by atomic mass is 10.2. The number of nitrogens with one attached hydrogen (secondary N) is 1. The maximum atomic E-state index is 12.6. The van der Waals surface area contributed by atoms with Gasteiger partial charge in [0.25, 0.3) is 10.0 Å². The van der Waals surface area contributed by atoms with Gasteiger partial charge in [-0.2, -0.15) is 0 Å². The number of benzene rings is 3. The Bertz CT molecular complexity index is 999. The quantitative estimate of drug-likeness (QED) is 0.716. The van der Waals surface area contributed by atoms with Crippen LogP contribution in [0.1, 0.15) is 0 Å². The largest absolute Gasteiger partial charge is 0.368 e. The van der Waals surface area contributed by atoms with Crippen LogP contribution < -0.4 is 14.5 Å². The van der Waals surface area contributed by atoms with Crippen LogP contribution in [0.5, 0.6) is 0 Å². The molecule has 5 nitrogen and oxygen atoms in total. The van der Waals surface area contributed by atoms with E-state index in [1.165, 1.54) is 5.69 Å². The maximum absolute atomic E-state index is 12.6. The van der Waals surface area contributed by atoms with Crippen molar-refractivity contribution in [2.75, 3.05) is 40.7 Å². The molecule has 6 heteroatoms. The molecule has 1 fully saturated rings. The van der Waals surface area contributed by atoms with Gasteiger partial charge in [-0.15, -0.1) is 0 Å². The molecule has 1 aliphatic rings. The van der Waals surface area contributed by atoms with Crippen LogP contribution in [0.15, 0.2) is 89.8 Å². The zero-order chi connectivity index (χ0) is 19.4. The van der Waals surface area contributed by atoms with E-state index >= 15 is 0 Å². The predicted molar refractivity (Wildman–Crippen MR) is 115 cm³/mol. The topological polar surface area (TPSA) is 52.7 Å². The maximum Gasteiger partial charge on any atom is 0.261 e. The smallest absolute Gasteiger partial charge is 0.261 e. The average Bonchev–Trinajstić information content (AvgIpc) is 2.75. The van der Waals surface area contributed by atoms with Crippen LogP contribution in [-0.2, 0) is 10.0 Å². The fourth-order valence-electron chi connectivity index (χ4n) is 3.42. The molecule has 4 rings (SSSR count). The number of hydrogen-bond acceptors (Lipinski definition) is 4. The Kier molecular flexibility index (Phi) is 5.21. The lowest BCUT2D eigenvalue weighted by Gasteiger charge is -2.37. The minimum absolute atomic E-state index is 0.267. The van der Waals surface area contributed by atoms with Crippen LogP contribution in [0, 0.1) is 0 Å². The summed E-state index contributed by atoms with van der Waals surface area (Å²) in [7, 11) is -3.58. The van der Waals surface area contributed by atoms with E-state index in [9.17, 15) is 8.42 Å². The number of sulfonamides is 1. The molecular formula is C22H23N3O2S. The van der Waals surface area contributed by atoms with E-state index in [1.807, 2.05) is 24.3 Å². The van der Waals surface area contributed by atoms with Gasteiger partial charge in [-0.05, 0) is 48.5 Å². The van der Waals surface area contributed by atoms with Crippen LogP contribution in [0.3, 0.4) is 0 Å². The van der Waals surface area contributed by atoms with Crippen LogP contribution in [0.25, 0.3) is 0 Å². The summed E-state index contributed by atoms with van der Waals surface area (Å²) in [5.74, 6) is 0. The molecule has 0 radical (unpaired) electrons. The van der Waals surface area contributed by atoms with Gasteiger partial charge in [0, 0.05) is 43.2 Å². The lowest BCUT2D eigenvalue weighted by Crippen LogP contribution is -2.46. The van der Waals surface area contributed by atoms with Gasteiger partial charge in [-0.1, -0.05) is 36.4 Å². The van der Waals surface area contributed by atoms with Gasteiger partial charge in [-0.25, -0.2) is 8.42 Å². The average molecular weight is 394 g/mol. The molecule has 1 heterocycles. The van der Waals surface area contributed by atoms with Crippen LogP contribution in [0.2, 0.25) is 0 Å². The van der Waals surface area contributed by atoms with E-state index < -0.39 is 10.0 Å². The van der Waals surface area contributed by atoms with E-state index in [1.54, 1.807) is 36.4 Å². The first-order valence-electron chi connectivity index (χ1n) is 9.35. The third-order valence-corrected chi connectivity index (χ3v) is 6.34. The van der Waals surface area contributed by atoms with Crippen molar-refractivity contribution >= 4 is 27.1 Å². The second kappa shape index (κ2) is 7.94. The Morgan fingerprint density at radius 1 is 0.607 bits per heavy atom. The molecule has 0 amide bonds. The van der Waals surface area contributed by atoms with E-state index in [0.29, 0.717) is 5.69 Å². The molecule has 0 aromatic heterocycles. The van der Waals surface area contributed by atoms with Crippen LogP contribution in [0.4, 0.5) is 17.1 Å². The molecule has 1 aliphatic heterocycles. The fraction of sp³-hybridized carbons (Fsp3) is 0.182. The van der Waals surface area contributed by atoms with E-state index in [-0.39, 0.29) is 4.90 Å². The second-order valence-electron chi connectivity index (χ2n) is 6.78. The molecular weight excluding hydrogens is 370 g/mol. The Morgan fingerprint density at radius 3 is 1.61 bits per heavy atom. The van der Waals surface area contributed by atoms with Gasteiger partial charge < -0.3 is 9.80 Å². The highest BCUT2D eigenvalue weighted by atomic mass is 32.2. The zero-order valence-corrected chi connectivity index (χ0v) is 16.3. The monoisotopic (exact) mass is 393 g/mol. The van der Waals surface area contributed by atoms with Crippen molar-refractivity contribution in [3.8, 4) is 0 Å². The molecule has 0 atom stereocenters. The summed E-state index contributed by atoms with van der Waals surface area (Å²) in [6.45, 7) is 3.70. The normalized spacial score (nSPS) is 14.7. The van der Waals surface area contributed by atoms with E-state index in [0.717, 1.165) is 31.9 Å². The van der Waals surface area contributed by atoms with Gasteiger partial charge in [0.05, 0.1) is 4.90 Å². The van der Waals surface area contributed by atoms with Gasteiger partial charge in [0.15, 0.2) is 0 Å². The number of rotatable bonds is 5. The first-order chi connectivity index (χ1) is 13.6. The molecule has 0 bridgehead atoms. The molecule has 144 valence electrons. The van der Waals surface area contributed by atoms with Crippen molar-refractivity contribution in [3.63, 3.8) is 0 Å². The van der Waals surface area contributed by atoms with Crippen molar-refractivity contribution in [2.24, 2.45) is 0 Å². The lowest BCUT2D eigenvalue weighted by molar-refractivity contribution is 0.601. The highest BCUT2D eigenvalue weighted by Gasteiger charge is 2.19. The van der Waals surface area contributed by atoms with Crippen LogP contribution >= 0.6 is 0 Å². The third kappa shape index (κ3) is 4.12. The highest BCUT2D eigenvalue weighted by Crippen LogP contribution is 2.23. The highest BCUT2D eigenvalue weighted by molar-refractivity contribution is 7.92. The van der Waals surface area contributed by atoms with Crippen molar-refractivity contribution < 1.29 is 8.42 Å². The first kappa shape index (κ1) is 18.4. The van der Waals surface area contributed by atoms with Gasteiger partial charge in [0.2, 0.25) is 0 Å². The molecule has 3 aromatic rings. The molecule has 0 spiro atoms. The van der Waals surface area contributed by atoms with Gasteiger partial charge in [-0.3, -0.25) is 4.72 Å². The molecule has 28 heavy (non-hydrogen) atoms. The van der Waals surface area contributed by atoms with Crippen molar-refractivity contribution in [1.29, 1.82) is 0 Å². The third-order valence-electron chi connectivity index (χ3n) is 4.94. The van der Waals surface area contributed by atoms with E-state index in [2.05, 4.69) is 38.8 Å². The second-order valence-corrected chi connectivity index (χ2v) is 8.46. The summed E-state index contributed by atoms with van der Waals surface area (Å²) >= 11 is 0. The summed E-state index contributed by atoms with van der Waals surface area (Å²) in [4.78, 5) is 4.93. The Morgan fingerprint density at radius 2 is 1.07 bits per heavy atom. The summed E-state index contributed by atoms with van der Waals surface area (Å²) in [6.07, 6.45) is 0. The number of para-hydroxylation sites is 2. The summed E-state index contributed by atoms with van der Waals surface area (Å²) < 4.78 is 27.7. The molecule has 0 unspecified atom stereocenters.